The van der Waals surface area contributed by atoms with Crippen molar-refractivity contribution < 1.29 is 23.4 Å². The predicted octanol–water partition coefficient (Wildman–Crippen LogP) is 1.26. The number of hydrogen-bond acceptors (Lipinski definition) is 9. The van der Waals surface area contributed by atoms with Crippen molar-refractivity contribution >= 4 is 11.6 Å². The highest BCUT2D eigenvalue weighted by Gasteiger charge is 2.50. The van der Waals surface area contributed by atoms with Crippen LogP contribution in [0.4, 0.5) is 5.69 Å². The summed E-state index contributed by atoms with van der Waals surface area (Å²) in [5.74, 6) is 0.557. The number of fused-ring (bicyclic) bond motifs is 1. The van der Waals surface area contributed by atoms with Gasteiger partial charge in [-0.3, -0.25) is 4.79 Å². The first-order valence-corrected chi connectivity index (χ1v) is 9.91. The van der Waals surface area contributed by atoms with Gasteiger partial charge in [-0.25, -0.2) is 0 Å². The van der Waals surface area contributed by atoms with E-state index in [0.29, 0.717) is 19.0 Å². The summed E-state index contributed by atoms with van der Waals surface area (Å²) in [6.07, 6.45) is 0.817. The van der Waals surface area contributed by atoms with Gasteiger partial charge < -0.3 is 28.8 Å². The number of amides is 1. The Morgan fingerprint density at radius 1 is 1.19 bits per heavy atom. The maximum atomic E-state index is 12.3. The first-order valence-electron chi connectivity index (χ1n) is 9.91. The number of anilines is 1. The molecule has 0 spiro atoms. The van der Waals surface area contributed by atoms with Crippen LogP contribution >= 0.6 is 0 Å². The zero-order valence-corrected chi connectivity index (χ0v) is 17.0. The zero-order valence-electron chi connectivity index (χ0n) is 17.0. The van der Waals surface area contributed by atoms with Gasteiger partial charge in [0.1, 0.15) is 24.0 Å². The maximum absolute atomic E-state index is 12.3. The largest absolute Gasteiger partial charge is 0.459 e. The monoisotopic (exact) mass is 426 g/mol. The quantitative estimate of drug-likeness (QED) is 0.622. The first-order chi connectivity index (χ1) is 15.1. The molecule has 31 heavy (non-hydrogen) atoms. The average Bonchev–Trinajstić information content (AvgIpc) is 3.54. The van der Waals surface area contributed by atoms with Crippen LogP contribution in [0.25, 0.3) is 0 Å². The summed E-state index contributed by atoms with van der Waals surface area (Å²) in [4.78, 5) is 14.3. The molecule has 5 rings (SSSR count). The molecular weight excluding hydrogens is 404 g/mol. The number of carbonyl (C=O) groups excluding carboxylic acids is 1. The van der Waals surface area contributed by atoms with E-state index in [1.807, 2.05) is 43.3 Å². The van der Waals surface area contributed by atoms with Crippen LogP contribution in [-0.2, 0) is 9.47 Å². The van der Waals surface area contributed by atoms with Crippen molar-refractivity contribution in [3.05, 3.63) is 48.4 Å². The van der Waals surface area contributed by atoms with Crippen LogP contribution in [0.1, 0.15) is 16.6 Å². The lowest BCUT2D eigenvalue weighted by molar-refractivity contribution is 0.0605. The number of aromatic nitrogens is 4. The lowest BCUT2D eigenvalue weighted by atomic mass is 10.1. The Kier molecular flexibility index (Phi) is 5.04. The van der Waals surface area contributed by atoms with Crippen LogP contribution in [0, 0.1) is 0 Å². The summed E-state index contributed by atoms with van der Waals surface area (Å²) in [6.45, 7) is 0.656. The molecule has 4 heterocycles. The number of rotatable bonds is 6. The van der Waals surface area contributed by atoms with E-state index in [0.717, 1.165) is 5.69 Å². The zero-order chi connectivity index (χ0) is 21.4. The van der Waals surface area contributed by atoms with E-state index in [1.54, 1.807) is 16.8 Å². The van der Waals surface area contributed by atoms with Crippen molar-refractivity contribution in [3.8, 4) is 11.8 Å². The number of benzene rings is 1. The summed E-state index contributed by atoms with van der Waals surface area (Å²) in [5.41, 5.74) is 0.995. The minimum absolute atomic E-state index is 0.245. The molecule has 0 saturated carbocycles. The average molecular weight is 426 g/mol. The highest BCUT2D eigenvalue weighted by Crippen LogP contribution is 2.36. The molecule has 0 radical (unpaired) electrons. The third-order valence-corrected chi connectivity index (χ3v) is 5.41. The number of nitrogens with zero attached hydrogens (tertiary/aromatic N) is 5. The first kappa shape index (κ1) is 19.5. The Labute approximate surface area is 177 Å². The van der Waals surface area contributed by atoms with Crippen molar-refractivity contribution in [2.75, 3.05) is 32.2 Å². The van der Waals surface area contributed by atoms with Gasteiger partial charge in [0.25, 0.3) is 5.91 Å². The molecule has 2 aliphatic rings. The molecule has 0 aliphatic carbocycles. The number of nitrogens with one attached hydrogen (secondary N) is 1. The molecule has 0 unspecified atom stereocenters. The molecule has 0 bridgehead atoms. The molecule has 3 aromatic rings. The number of tetrazole rings is 1. The van der Waals surface area contributed by atoms with Crippen molar-refractivity contribution in [1.29, 1.82) is 0 Å². The molecular formula is C20H22N6O5. The van der Waals surface area contributed by atoms with Gasteiger partial charge in [-0.2, -0.15) is 4.68 Å². The van der Waals surface area contributed by atoms with E-state index in [4.69, 9.17) is 18.6 Å². The van der Waals surface area contributed by atoms with Gasteiger partial charge in [-0.15, -0.1) is 0 Å². The standard InChI is InChI=1S/C20H22N6O5/c1-25(2)12-5-3-6-13(9-12)31-20-22-23-24-26(20)15-11-30-17-14(10-29-18(15)17)21-19(27)16-7-4-8-28-16/h3-9,14-15,17-18H,10-11H2,1-2H3,(H,21,27)/t14-,15+,17-,18+/m0/s1. The highest BCUT2D eigenvalue weighted by atomic mass is 16.6. The Balaban J connectivity index is 1.29. The fourth-order valence-electron chi connectivity index (χ4n) is 3.85. The lowest BCUT2D eigenvalue weighted by Gasteiger charge is -2.18. The van der Waals surface area contributed by atoms with Gasteiger partial charge in [0.05, 0.1) is 25.5 Å². The van der Waals surface area contributed by atoms with E-state index in [9.17, 15) is 4.79 Å². The second-order valence-electron chi connectivity index (χ2n) is 7.62. The molecule has 2 aromatic heterocycles. The molecule has 11 heteroatoms. The van der Waals surface area contributed by atoms with E-state index in [2.05, 4.69) is 20.8 Å². The molecule has 4 atom stereocenters. The lowest BCUT2D eigenvalue weighted by Crippen LogP contribution is -2.44. The fourth-order valence-corrected chi connectivity index (χ4v) is 3.85. The Hall–Kier alpha value is -3.44. The molecule has 162 valence electrons. The summed E-state index contributed by atoms with van der Waals surface area (Å²) in [7, 11) is 3.91. The van der Waals surface area contributed by atoms with E-state index in [1.165, 1.54) is 6.26 Å². The minimum atomic E-state index is -0.321. The van der Waals surface area contributed by atoms with Gasteiger partial charge in [-0.05, 0) is 34.7 Å². The van der Waals surface area contributed by atoms with Gasteiger partial charge >= 0.3 is 6.01 Å². The molecule has 1 amide bonds. The smallest absolute Gasteiger partial charge is 0.341 e. The van der Waals surface area contributed by atoms with Crippen molar-refractivity contribution in [2.45, 2.75) is 24.3 Å². The molecule has 2 fully saturated rings. The SMILES string of the molecule is CN(C)c1cccc(Oc2nnnn2[C@@H]2CO[C@@H]3[C@@H]2OC[C@@H]3NC(=O)c2ccco2)c1. The summed E-state index contributed by atoms with van der Waals surface area (Å²) in [6, 6.07) is 10.6. The Bertz CT molecular complexity index is 1050. The van der Waals surface area contributed by atoms with Gasteiger partial charge in [0.15, 0.2) is 5.76 Å². The van der Waals surface area contributed by atoms with Gasteiger partial charge in [0, 0.05) is 25.8 Å². The third kappa shape index (κ3) is 3.73. The van der Waals surface area contributed by atoms with Crippen molar-refractivity contribution in [2.24, 2.45) is 0 Å². The van der Waals surface area contributed by atoms with Crippen LogP contribution in [0.2, 0.25) is 0 Å². The fraction of sp³-hybridized carbons (Fsp3) is 0.400. The normalized spacial score (nSPS) is 24.7. The second kappa shape index (κ2) is 8.00. The van der Waals surface area contributed by atoms with Crippen LogP contribution in [0.3, 0.4) is 0 Å². The van der Waals surface area contributed by atoms with Crippen molar-refractivity contribution in [3.63, 3.8) is 0 Å². The van der Waals surface area contributed by atoms with Crippen molar-refractivity contribution in [1.82, 2.24) is 25.5 Å². The van der Waals surface area contributed by atoms with Crippen LogP contribution in [0.15, 0.2) is 47.1 Å². The number of carbonyl (C=O) groups is 1. The molecule has 11 nitrogen and oxygen atoms in total. The summed E-state index contributed by atoms with van der Waals surface area (Å²) in [5, 5.41) is 14.8. The minimum Gasteiger partial charge on any atom is -0.459 e. The number of furan rings is 1. The maximum Gasteiger partial charge on any atom is 0.341 e. The van der Waals surface area contributed by atoms with Crippen LogP contribution in [-0.4, -0.2) is 71.7 Å². The van der Waals surface area contributed by atoms with E-state index < -0.39 is 0 Å². The molecule has 2 saturated heterocycles. The van der Waals surface area contributed by atoms with Crippen LogP contribution < -0.4 is 15.0 Å². The summed E-state index contributed by atoms with van der Waals surface area (Å²) >= 11 is 0. The van der Waals surface area contributed by atoms with Gasteiger partial charge in [-0.1, -0.05) is 11.2 Å². The van der Waals surface area contributed by atoms with Crippen LogP contribution in [0.5, 0.6) is 11.8 Å². The number of hydrogen-bond donors (Lipinski definition) is 1. The highest BCUT2D eigenvalue weighted by molar-refractivity contribution is 5.91. The third-order valence-electron chi connectivity index (χ3n) is 5.41. The summed E-state index contributed by atoms with van der Waals surface area (Å²) < 4.78 is 24.6. The predicted molar refractivity (Wildman–Crippen MR) is 107 cm³/mol. The Morgan fingerprint density at radius 3 is 2.87 bits per heavy atom. The Morgan fingerprint density at radius 2 is 2.06 bits per heavy atom. The molecule has 2 aliphatic heterocycles. The molecule has 1 N–H and O–H groups in total. The second-order valence-corrected chi connectivity index (χ2v) is 7.62. The topological polar surface area (TPSA) is 117 Å². The number of ether oxygens (including phenoxy) is 3. The van der Waals surface area contributed by atoms with Gasteiger partial charge in [0.2, 0.25) is 0 Å². The van der Waals surface area contributed by atoms with E-state index in [-0.39, 0.29) is 42.0 Å². The molecule has 1 aromatic carbocycles. The van der Waals surface area contributed by atoms with E-state index >= 15 is 0 Å².